The van der Waals surface area contributed by atoms with Gasteiger partial charge in [-0.15, -0.1) is 0 Å². The van der Waals surface area contributed by atoms with E-state index in [4.69, 9.17) is 16.3 Å². The molecule has 144 valence electrons. The molecule has 0 unspecified atom stereocenters. The van der Waals surface area contributed by atoms with Crippen LogP contribution in [0, 0.1) is 13.8 Å². The fourth-order valence-electron chi connectivity index (χ4n) is 2.77. The second kappa shape index (κ2) is 7.98. The number of benzene rings is 2. The van der Waals surface area contributed by atoms with Crippen LogP contribution in [0.15, 0.2) is 41.3 Å². The molecule has 0 radical (unpaired) electrons. The minimum absolute atomic E-state index is 0.0872. The van der Waals surface area contributed by atoms with Crippen LogP contribution in [0.4, 0.5) is 5.69 Å². The molecule has 1 aliphatic heterocycles. The largest absolute Gasteiger partial charge is 0.379 e. The number of rotatable bonds is 4. The molecule has 3 rings (SSSR count). The van der Waals surface area contributed by atoms with Crippen molar-refractivity contribution in [3.63, 3.8) is 0 Å². The topological polar surface area (TPSA) is 75.7 Å². The number of ether oxygens (including phenoxy) is 1. The van der Waals surface area contributed by atoms with Gasteiger partial charge in [0.05, 0.1) is 28.8 Å². The summed E-state index contributed by atoms with van der Waals surface area (Å²) in [6, 6.07) is 9.69. The van der Waals surface area contributed by atoms with Gasteiger partial charge in [-0.05, 0) is 55.3 Å². The van der Waals surface area contributed by atoms with Gasteiger partial charge < -0.3 is 10.1 Å². The quantitative estimate of drug-likeness (QED) is 0.842. The molecule has 2 aromatic rings. The van der Waals surface area contributed by atoms with Gasteiger partial charge in [0.15, 0.2) is 0 Å². The lowest BCUT2D eigenvalue weighted by molar-refractivity contribution is 0.0730. The monoisotopic (exact) mass is 408 g/mol. The minimum Gasteiger partial charge on any atom is -0.379 e. The Morgan fingerprint density at radius 2 is 1.78 bits per heavy atom. The summed E-state index contributed by atoms with van der Waals surface area (Å²) in [6.07, 6.45) is 0. The average Bonchev–Trinajstić information content (AvgIpc) is 2.66. The Morgan fingerprint density at radius 3 is 2.44 bits per heavy atom. The predicted octanol–water partition coefficient (Wildman–Crippen LogP) is 3.23. The minimum atomic E-state index is -3.67. The lowest BCUT2D eigenvalue weighted by Crippen LogP contribution is -2.40. The molecule has 1 N–H and O–H groups in total. The van der Waals surface area contributed by atoms with Crippen LogP contribution in [0.2, 0.25) is 5.02 Å². The third kappa shape index (κ3) is 4.32. The number of carbonyl (C=O) groups is 1. The number of carbonyl (C=O) groups excluding carboxylic acids is 1. The molecule has 0 spiro atoms. The molecule has 1 fully saturated rings. The highest BCUT2D eigenvalue weighted by atomic mass is 35.5. The third-order valence-electron chi connectivity index (χ3n) is 4.56. The fraction of sp³-hybridized carbons (Fsp3) is 0.316. The van der Waals surface area contributed by atoms with Crippen molar-refractivity contribution in [2.75, 3.05) is 31.6 Å². The Balaban J connectivity index is 1.87. The molecular weight excluding hydrogens is 388 g/mol. The zero-order valence-corrected chi connectivity index (χ0v) is 16.7. The lowest BCUT2D eigenvalue weighted by Gasteiger charge is -2.26. The van der Waals surface area contributed by atoms with E-state index in [0.717, 1.165) is 11.1 Å². The van der Waals surface area contributed by atoms with E-state index in [1.807, 2.05) is 19.9 Å². The Labute approximate surface area is 164 Å². The Kier molecular flexibility index (Phi) is 5.86. The summed E-state index contributed by atoms with van der Waals surface area (Å²) in [5.41, 5.74) is 2.82. The first-order valence-corrected chi connectivity index (χ1v) is 10.4. The van der Waals surface area contributed by atoms with Crippen LogP contribution in [0.3, 0.4) is 0 Å². The summed E-state index contributed by atoms with van der Waals surface area (Å²) in [4.78, 5) is 12.6. The fourth-order valence-corrected chi connectivity index (χ4v) is 4.37. The molecule has 6 nitrogen and oxygen atoms in total. The number of anilines is 1. The smallest absolute Gasteiger partial charge is 0.255 e. The highest BCUT2D eigenvalue weighted by molar-refractivity contribution is 7.89. The summed E-state index contributed by atoms with van der Waals surface area (Å²) >= 11 is 6.18. The Hall–Kier alpha value is -1.93. The van der Waals surface area contributed by atoms with Crippen molar-refractivity contribution < 1.29 is 17.9 Å². The number of nitrogens with zero attached hydrogens (tertiary/aromatic N) is 1. The molecule has 8 heteroatoms. The predicted molar refractivity (Wildman–Crippen MR) is 105 cm³/mol. The zero-order valence-electron chi connectivity index (χ0n) is 15.2. The first-order chi connectivity index (χ1) is 12.8. The number of morpholine rings is 1. The van der Waals surface area contributed by atoms with E-state index < -0.39 is 10.0 Å². The SMILES string of the molecule is Cc1ccc(C(=O)Nc2cc(S(=O)(=O)N3CCOCC3)ccc2Cl)cc1C. The van der Waals surface area contributed by atoms with Crippen LogP contribution in [0.1, 0.15) is 21.5 Å². The van der Waals surface area contributed by atoms with E-state index >= 15 is 0 Å². The van der Waals surface area contributed by atoms with E-state index in [1.54, 1.807) is 12.1 Å². The first kappa shape index (κ1) is 19.8. The number of hydrogen-bond acceptors (Lipinski definition) is 4. The van der Waals surface area contributed by atoms with Crippen LogP contribution in [0.25, 0.3) is 0 Å². The summed E-state index contributed by atoms with van der Waals surface area (Å²) in [7, 11) is -3.67. The maximum atomic E-state index is 12.8. The summed E-state index contributed by atoms with van der Waals surface area (Å²) in [5.74, 6) is -0.346. The second-order valence-corrected chi connectivity index (χ2v) is 8.76. The Morgan fingerprint density at radius 1 is 1.07 bits per heavy atom. The number of amides is 1. The normalized spacial score (nSPS) is 15.5. The summed E-state index contributed by atoms with van der Waals surface area (Å²) < 4.78 is 32.2. The molecule has 0 aliphatic carbocycles. The molecule has 0 saturated carbocycles. The van der Waals surface area contributed by atoms with E-state index in [9.17, 15) is 13.2 Å². The Bertz CT molecular complexity index is 970. The van der Waals surface area contributed by atoms with E-state index in [0.29, 0.717) is 31.9 Å². The molecular formula is C19H21ClN2O4S. The molecule has 0 atom stereocenters. The van der Waals surface area contributed by atoms with Crippen LogP contribution in [0.5, 0.6) is 0 Å². The van der Waals surface area contributed by atoms with Gasteiger partial charge in [0.2, 0.25) is 10.0 Å². The molecule has 1 heterocycles. The average molecular weight is 409 g/mol. The van der Waals surface area contributed by atoms with Crippen LogP contribution < -0.4 is 5.32 Å². The van der Waals surface area contributed by atoms with Crippen LogP contribution >= 0.6 is 11.6 Å². The molecule has 0 aromatic heterocycles. The molecule has 2 aromatic carbocycles. The van der Waals surface area contributed by atoms with Crippen molar-refractivity contribution in [3.05, 3.63) is 58.1 Å². The van der Waals surface area contributed by atoms with Gasteiger partial charge in [-0.2, -0.15) is 4.31 Å². The van der Waals surface area contributed by atoms with Gasteiger partial charge in [-0.25, -0.2) is 8.42 Å². The van der Waals surface area contributed by atoms with Crippen molar-refractivity contribution in [1.29, 1.82) is 0 Å². The highest BCUT2D eigenvalue weighted by Crippen LogP contribution is 2.28. The first-order valence-electron chi connectivity index (χ1n) is 8.55. The zero-order chi connectivity index (χ0) is 19.6. The molecule has 0 bridgehead atoms. The van der Waals surface area contributed by atoms with Gasteiger partial charge in [0.1, 0.15) is 0 Å². The second-order valence-electron chi connectivity index (χ2n) is 6.41. The molecule has 1 aliphatic rings. The van der Waals surface area contributed by atoms with Crippen molar-refractivity contribution in [2.24, 2.45) is 0 Å². The molecule has 1 amide bonds. The van der Waals surface area contributed by atoms with Gasteiger partial charge in [-0.3, -0.25) is 4.79 Å². The standard InChI is InChI=1S/C19H21ClN2O4S/c1-13-3-4-15(11-14(13)2)19(23)21-18-12-16(5-6-17(18)20)27(24,25)22-7-9-26-10-8-22/h3-6,11-12H,7-10H2,1-2H3,(H,21,23). The maximum Gasteiger partial charge on any atom is 0.255 e. The van der Waals surface area contributed by atoms with E-state index in [-0.39, 0.29) is 21.5 Å². The van der Waals surface area contributed by atoms with Crippen molar-refractivity contribution in [3.8, 4) is 0 Å². The maximum absolute atomic E-state index is 12.8. The number of aryl methyl sites for hydroxylation is 2. The molecule has 1 saturated heterocycles. The third-order valence-corrected chi connectivity index (χ3v) is 6.79. The number of nitrogens with one attached hydrogen (secondary N) is 1. The van der Waals surface area contributed by atoms with Gasteiger partial charge in [-0.1, -0.05) is 17.7 Å². The molecule has 27 heavy (non-hydrogen) atoms. The number of halogens is 1. The highest BCUT2D eigenvalue weighted by Gasteiger charge is 2.27. The van der Waals surface area contributed by atoms with Crippen molar-refractivity contribution in [1.82, 2.24) is 4.31 Å². The van der Waals surface area contributed by atoms with E-state index in [2.05, 4.69) is 5.32 Å². The van der Waals surface area contributed by atoms with Crippen LogP contribution in [-0.4, -0.2) is 44.9 Å². The van der Waals surface area contributed by atoms with Crippen LogP contribution in [-0.2, 0) is 14.8 Å². The van der Waals surface area contributed by atoms with Gasteiger partial charge in [0, 0.05) is 18.7 Å². The number of sulfonamides is 1. The number of hydrogen-bond donors (Lipinski definition) is 1. The summed E-state index contributed by atoms with van der Waals surface area (Å²) in [6.45, 7) is 5.22. The van der Waals surface area contributed by atoms with Gasteiger partial charge >= 0.3 is 0 Å². The van der Waals surface area contributed by atoms with Gasteiger partial charge in [0.25, 0.3) is 5.91 Å². The van der Waals surface area contributed by atoms with Crippen molar-refractivity contribution in [2.45, 2.75) is 18.7 Å². The van der Waals surface area contributed by atoms with E-state index in [1.165, 1.54) is 22.5 Å². The lowest BCUT2D eigenvalue weighted by atomic mass is 10.1. The summed E-state index contributed by atoms with van der Waals surface area (Å²) in [5, 5.41) is 2.98. The van der Waals surface area contributed by atoms with Crippen molar-refractivity contribution >= 4 is 33.2 Å².